The van der Waals surface area contributed by atoms with Gasteiger partial charge in [0.05, 0.1) is 6.54 Å². The molecule has 1 N–H and O–H groups in total. The van der Waals surface area contributed by atoms with Crippen LogP contribution in [0.1, 0.15) is 33.6 Å². The molecule has 2 saturated heterocycles. The number of carbonyl (C=O) groups is 2. The summed E-state index contributed by atoms with van der Waals surface area (Å²) in [6.07, 6.45) is 1.52. The van der Waals surface area contributed by atoms with Gasteiger partial charge in [-0.1, -0.05) is 6.07 Å². The summed E-state index contributed by atoms with van der Waals surface area (Å²) in [5.41, 5.74) is 1.32. The molecule has 0 aromatic heterocycles. The van der Waals surface area contributed by atoms with Gasteiger partial charge in [-0.25, -0.2) is 9.59 Å². The summed E-state index contributed by atoms with van der Waals surface area (Å²) in [6, 6.07) is 7.78. The number of hydrogen-bond donors (Lipinski definition) is 1. The van der Waals surface area contributed by atoms with Crippen molar-refractivity contribution in [3.63, 3.8) is 0 Å². The molecule has 2 aliphatic heterocycles. The predicted molar refractivity (Wildman–Crippen MR) is 104 cm³/mol. The summed E-state index contributed by atoms with van der Waals surface area (Å²) in [5.74, 6) is 0.367. The molecule has 2 heterocycles. The van der Waals surface area contributed by atoms with E-state index in [0.29, 0.717) is 25.6 Å². The van der Waals surface area contributed by atoms with E-state index in [4.69, 9.17) is 9.47 Å². The maximum atomic E-state index is 12.3. The first-order chi connectivity index (χ1) is 12.8. The molecule has 148 valence electrons. The molecular formula is C20H29N3O4. The minimum Gasteiger partial charge on any atom is -0.447 e. The Kier molecular flexibility index (Phi) is 5.77. The van der Waals surface area contributed by atoms with E-state index in [9.17, 15) is 9.59 Å². The van der Waals surface area contributed by atoms with Crippen LogP contribution in [0.2, 0.25) is 0 Å². The van der Waals surface area contributed by atoms with Crippen LogP contribution >= 0.6 is 0 Å². The largest absolute Gasteiger partial charge is 0.447 e. The van der Waals surface area contributed by atoms with Crippen LogP contribution in [-0.2, 0) is 9.47 Å². The lowest BCUT2D eigenvalue weighted by atomic mass is 9.98. The molecule has 2 amide bonds. The van der Waals surface area contributed by atoms with Crippen LogP contribution < -0.4 is 10.2 Å². The summed E-state index contributed by atoms with van der Waals surface area (Å²) in [4.78, 5) is 27.5. The van der Waals surface area contributed by atoms with Crippen LogP contribution in [0.4, 0.5) is 21.0 Å². The highest BCUT2D eigenvalue weighted by atomic mass is 16.6. The average Bonchev–Trinajstić information content (AvgIpc) is 3.05. The highest BCUT2D eigenvalue weighted by molar-refractivity contribution is 5.89. The lowest BCUT2D eigenvalue weighted by molar-refractivity contribution is 0.0172. The standard InChI is InChI=1S/C20H29N3O4/c1-20(2,3)27-18(24)22-9-5-6-15(14-22)13-21-16-7-4-8-17(12-16)23-10-11-26-19(23)25/h4,7-8,12,15,21H,5-6,9-11,13-14H2,1-3H3. The van der Waals surface area contributed by atoms with E-state index < -0.39 is 5.60 Å². The van der Waals surface area contributed by atoms with Gasteiger partial charge in [-0.15, -0.1) is 0 Å². The molecule has 1 atom stereocenters. The Morgan fingerprint density at radius 2 is 2.15 bits per heavy atom. The Morgan fingerprint density at radius 1 is 1.33 bits per heavy atom. The molecule has 7 nitrogen and oxygen atoms in total. The molecule has 1 unspecified atom stereocenters. The number of benzene rings is 1. The Morgan fingerprint density at radius 3 is 2.85 bits per heavy atom. The van der Waals surface area contributed by atoms with Crippen molar-refractivity contribution in [2.75, 3.05) is 43.0 Å². The SMILES string of the molecule is CC(C)(C)OC(=O)N1CCCC(CNc2cccc(N3CCOC3=O)c2)C1. The zero-order valence-corrected chi connectivity index (χ0v) is 16.4. The lowest BCUT2D eigenvalue weighted by Crippen LogP contribution is -2.44. The van der Waals surface area contributed by atoms with E-state index in [1.54, 1.807) is 9.80 Å². The van der Waals surface area contributed by atoms with Crippen LogP contribution in [0.5, 0.6) is 0 Å². The number of ether oxygens (including phenoxy) is 2. The van der Waals surface area contributed by atoms with Gasteiger partial charge in [0, 0.05) is 31.0 Å². The number of piperidine rings is 1. The zero-order chi connectivity index (χ0) is 19.4. The second-order valence-electron chi connectivity index (χ2n) is 8.13. The molecule has 7 heteroatoms. The first-order valence-corrected chi connectivity index (χ1v) is 9.58. The molecule has 1 aromatic carbocycles. The maximum Gasteiger partial charge on any atom is 0.414 e. The molecule has 1 aromatic rings. The second-order valence-corrected chi connectivity index (χ2v) is 8.13. The van der Waals surface area contributed by atoms with Gasteiger partial charge >= 0.3 is 12.2 Å². The first-order valence-electron chi connectivity index (χ1n) is 9.58. The molecule has 0 radical (unpaired) electrons. The smallest absolute Gasteiger partial charge is 0.414 e. The van der Waals surface area contributed by atoms with E-state index in [1.807, 2.05) is 45.0 Å². The normalized spacial score (nSPS) is 20.4. The zero-order valence-electron chi connectivity index (χ0n) is 16.4. The number of nitrogens with one attached hydrogen (secondary N) is 1. The van der Waals surface area contributed by atoms with Crippen molar-refractivity contribution in [2.24, 2.45) is 5.92 Å². The number of cyclic esters (lactones) is 1. The van der Waals surface area contributed by atoms with E-state index in [2.05, 4.69) is 5.32 Å². The third kappa shape index (κ3) is 5.28. The van der Waals surface area contributed by atoms with Gasteiger partial charge in [-0.05, 0) is 57.7 Å². The number of rotatable bonds is 4. The number of hydrogen-bond acceptors (Lipinski definition) is 5. The highest BCUT2D eigenvalue weighted by Crippen LogP contribution is 2.24. The van der Waals surface area contributed by atoms with Gasteiger partial charge in [0.15, 0.2) is 0 Å². The van der Waals surface area contributed by atoms with Gasteiger partial charge in [-0.3, -0.25) is 4.90 Å². The second kappa shape index (κ2) is 8.06. The van der Waals surface area contributed by atoms with Crippen LogP contribution in [0.15, 0.2) is 24.3 Å². The van der Waals surface area contributed by atoms with Gasteiger partial charge in [0.1, 0.15) is 12.2 Å². The minimum atomic E-state index is -0.473. The van der Waals surface area contributed by atoms with Crippen LogP contribution in [0, 0.1) is 5.92 Å². The van der Waals surface area contributed by atoms with Crippen molar-refractivity contribution in [1.82, 2.24) is 4.90 Å². The fourth-order valence-electron chi connectivity index (χ4n) is 3.40. The van der Waals surface area contributed by atoms with E-state index in [1.165, 1.54) is 0 Å². The van der Waals surface area contributed by atoms with Gasteiger partial charge in [-0.2, -0.15) is 0 Å². The molecule has 0 saturated carbocycles. The minimum absolute atomic E-state index is 0.234. The van der Waals surface area contributed by atoms with E-state index >= 15 is 0 Å². The van der Waals surface area contributed by atoms with Crippen LogP contribution in [0.3, 0.4) is 0 Å². The summed E-state index contributed by atoms with van der Waals surface area (Å²) in [5, 5.41) is 3.44. The average molecular weight is 375 g/mol. The Hall–Kier alpha value is -2.44. The molecule has 0 aliphatic carbocycles. The Bertz CT molecular complexity index is 686. The molecule has 0 spiro atoms. The monoisotopic (exact) mass is 375 g/mol. The van der Waals surface area contributed by atoms with Crippen LogP contribution in [0.25, 0.3) is 0 Å². The van der Waals surface area contributed by atoms with Crippen molar-refractivity contribution in [2.45, 2.75) is 39.2 Å². The van der Waals surface area contributed by atoms with E-state index in [0.717, 1.165) is 37.3 Å². The summed E-state index contributed by atoms with van der Waals surface area (Å²) in [7, 11) is 0. The van der Waals surface area contributed by atoms with Crippen molar-refractivity contribution >= 4 is 23.6 Å². The van der Waals surface area contributed by atoms with Gasteiger partial charge in [0.25, 0.3) is 0 Å². The Labute approximate surface area is 160 Å². The number of anilines is 2. The third-order valence-corrected chi connectivity index (χ3v) is 4.68. The van der Waals surface area contributed by atoms with Crippen molar-refractivity contribution < 1.29 is 19.1 Å². The first kappa shape index (κ1) is 19.3. The maximum absolute atomic E-state index is 12.3. The fraction of sp³-hybridized carbons (Fsp3) is 0.600. The fourth-order valence-corrected chi connectivity index (χ4v) is 3.40. The molecule has 2 fully saturated rings. The quantitative estimate of drug-likeness (QED) is 0.869. The number of carbonyl (C=O) groups excluding carboxylic acids is 2. The van der Waals surface area contributed by atoms with Crippen molar-refractivity contribution in [3.05, 3.63) is 24.3 Å². The molecule has 0 bridgehead atoms. The molecule has 3 rings (SSSR count). The predicted octanol–water partition coefficient (Wildman–Crippen LogP) is 3.70. The van der Waals surface area contributed by atoms with Crippen molar-refractivity contribution in [1.29, 1.82) is 0 Å². The molecule has 2 aliphatic rings. The van der Waals surface area contributed by atoms with Gasteiger partial charge < -0.3 is 19.7 Å². The van der Waals surface area contributed by atoms with Gasteiger partial charge in [0.2, 0.25) is 0 Å². The Balaban J connectivity index is 1.54. The number of nitrogens with zero attached hydrogens (tertiary/aromatic N) is 2. The summed E-state index contributed by atoms with van der Waals surface area (Å²) in [6.45, 7) is 8.88. The molecular weight excluding hydrogens is 346 g/mol. The lowest BCUT2D eigenvalue weighted by Gasteiger charge is -2.34. The van der Waals surface area contributed by atoms with Crippen LogP contribution in [-0.4, -0.2) is 55.5 Å². The summed E-state index contributed by atoms with van der Waals surface area (Å²) < 4.78 is 10.5. The number of likely N-dealkylation sites (tertiary alicyclic amines) is 1. The highest BCUT2D eigenvalue weighted by Gasteiger charge is 2.28. The molecule has 27 heavy (non-hydrogen) atoms. The van der Waals surface area contributed by atoms with Crippen molar-refractivity contribution in [3.8, 4) is 0 Å². The summed E-state index contributed by atoms with van der Waals surface area (Å²) >= 11 is 0. The van der Waals surface area contributed by atoms with E-state index in [-0.39, 0.29) is 12.2 Å². The number of amides is 2. The topological polar surface area (TPSA) is 71.1 Å². The third-order valence-electron chi connectivity index (χ3n) is 4.68.